The maximum atomic E-state index is 12.5. The average molecular weight is 401 g/mol. The van der Waals surface area contributed by atoms with E-state index in [1.807, 2.05) is 13.0 Å². The van der Waals surface area contributed by atoms with Gasteiger partial charge in [0, 0.05) is 31.4 Å². The lowest BCUT2D eigenvalue weighted by molar-refractivity contribution is -0.117. The number of nitrogens with one attached hydrogen (secondary N) is 1. The summed E-state index contributed by atoms with van der Waals surface area (Å²) in [6, 6.07) is 13.3. The SMILES string of the molecule is Cc1ccc(NC(=O)CN(C)S(=O)(=O)c2ccccc2)cc1N1CCCC1=O. The zero-order valence-corrected chi connectivity index (χ0v) is 16.7. The topological polar surface area (TPSA) is 86.8 Å². The summed E-state index contributed by atoms with van der Waals surface area (Å²) in [5, 5.41) is 2.72. The minimum Gasteiger partial charge on any atom is -0.325 e. The molecular formula is C20H23N3O4S. The lowest BCUT2D eigenvalue weighted by Gasteiger charge is -2.20. The van der Waals surface area contributed by atoms with Crippen molar-refractivity contribution in [1.29, 1.82) is 0 Å². The van der Waals surface area contributed by atoms with Crippen molar-refractivity contribution < 1.29 is 18.0 Å². The quantitative estimate of drug-likeness (QED) is 0.805. The van der Waals surface area contributed by atoms with Crippen LogP contribution in [0.3, 0.4) is 0 Å². The molecule has 8 heteroatoms. The smallest absolute Gasteiger partial charge is 0.243 e. The van der Waals surface area contributed by atoms with Crippen molar-refractivity contribution >= 4 is 33.2 Å². The molecule has 0 bridgehead atoms. The van der Waals surface area contributed by atoms with Crippen molar-refractivity contribution in [2.24, 2.45) is 0 Å². The molecule has 0 radical (unpaired) electrons. The highest BCUT2D eigenvalue weighted by Gasteiger charge is 2.24. The zero-order chi connectivity index (χ0) is 20.3. The number of hydrogen-bond donors (Lipinski definition) is 1. The lowest BCUT2D eigenvalue weighted by Crippen LogP contribution is -2.35. The first-order valence-corrected chi connectivity index (χ1v) is 10.5. The molecular weight excluding hydrogens is 378 g/mol. The fraction of sp³-hybridized carbons (Fsp3) is 0.300. The summed E-state index contributed by atoms with van der Waals surface area (Å²) in [4.78, 5) is 26.3. The number of rotatable bonds is 6. The third-order valence-corrected chi connectivity index (χ3v) is 6.49. The maximum absolute atomic E-state index is 12.5. The van der Waals surface area contributed by atoms with Gasteiger partial charge in [-0.2, -0.15) is 4.31 Å². The Labute approximate surface area is 165 Å². The third-order valence-electron chi connectivity index (χ3n) is 4.67. The van der Waals surface area contributed by atoms with Gasteiger partial charge in [0.1, 0.15) is 0 Å². The van der Waals surface area contributed by atoms with Crippen molar-refractivity contribution in [2.45, 2.75) is 24.7 Å². The van der Waals surface area contributed by atoms with E-state index in [4.69, 9.17) is 0 Å². The molecule has 0 spiro atoms. The molecule has 1 fully saturated rings. The number of amides is 2. The molecule has 148 valence electrons. The van der Waals surface area contributed by atoms with Crippen LogP contribution < -0.4 is 10.2 Å². The molecule has 2 aromatic rings. The largest absolute Gasteiger partial charge is 0.325 e. The van der Waals surface area contributed by atoms with Gasteiger partial charge in [-0.15, -0.1) is 0 Å². The number of nitrogens with zero attached hydrogens (tertiary/aromatic N) is 2. The van der Waals surface area contributed by atoms with Crippen LogP contribution in [0, 0.1) is 6.92 Å². The van der Waals surface area contributed by atoms with Crippen LogP contribution in [-0.2, 0) is 19.6 Å². The fourth-order valence-corrected chi connectivity index (χ4v) is 4.29. The standard InChI is InChI=1S/C20H23N3O4S/c1-15-10-11-16(13-18(15)23-12-6-9-20(23)25)21-19(24)14-22(2)28(26,27)17-7-4-3-5-8-17/h3-5,7-8,10-11,13H,6,9,12,14H2,1-2H3,(H,21,24). The molecule has 1 aliphatic heterocycles. The van der Waals surface area contributed by atoms with Crippen molar-refractivity contribution in [3.05, 3.63) is 54.1 Å². The highest BCUT2D eigenvalue weighted by Crippen LogP contribution is 2.28. The van der Waals surface area contributed by atoms with Crippen LogP contribution >= 0.6 is 0 Å². The summed E-state index contributed by atoms with van der Waals surface area (Å²) in [6.45, 7) is 2.25. The van der Waals surface area contributed by atoms with Crippen LogP contribution in [0.2, 0.25) is 0 Å². The molecule has 0 aromatic heterocycles. The van der Waals surface area contributed by atoms with Crippen molar-refractivity contribution in [2.75, 3.05) is 30.4 Å². The Morgan fingerprint density at radius 3 is 2.54 bits per heavy atom. The molecule has 1 saturated heterocycles. The molecule has 0 atom stereocenters. The van der Waals surface area contributed by atoms with Crippen molar-refractivity contribution in [3.63, 3.8) is 0 Å². The Hall–Kier alpha value is -2.71. The Balaban J connectivity index is 1.70. The van der Waals surface area contributed by atoms with Crippen LogP contribution in [0.25, 0.3) is 0 Å². The van der Waals surface area contributed by atoms with Gasteiger partial charge in [0.25, 0.3) is 0 Å². The number of hydrogen-bond acceptors (Lipinski definition) is 4. The zero-order valence-electron chi connectivity index (χ0n) is 15.9. The van der Waals surface area contributed by atoms with E-state index in [0.29, 0.717) is 18.7 Å². The first-order chi connectivity index (χ1) is 13.3. The van der Waals surface area contributed by atoms with Crippen LogP contribution in [-0.4, -0.2) is 44.7 Å². The van der Waals surface area contributed by atoms with Gasteiger partial charge in [-0.05, 0) is 43.2 Å². The second-order valence-electron chi connectivity index (χ2n) is 6.77. The molecule has 0 saturated carbocycles. The van der Waals surface area contributed by atoms with Gasteiger partial charge in [-0.25, -0.2) is 8.42 Å². The van der Waals surface area contributed by atoms with E-state index in [-0.39, 0.29) is 17.3 Å². The van der Waals surface area contributed by atoms with E-state index in [0.717, 1.165) is 22.0 Å². The van der Waals surface area contributed by atoms with Crippen molar-refractivity contribution in [3.8, 4) is 0 Å². The second-order valence-corrected chi connectivity index (χ2v) is 8.82. The van der Waals surface area contributed by atoms with Crippen LogP contribution in [0.15, 0.2) is 53.4 Å². The summed E-state index contributed by atoms with van der Waals surface area (Å²) in [5.74, 6) is -0.384. The van der Waals surface area contributed by atoms with Gasteiger partial charge in [-0.1, -0.05) is 24.3 Å². The van der Waals surface area contributed by atoms with E-state index >= 15 is 0 Å². The predicted molar refractivity (Wildman–Crippen MR) is 108 cm³/mol. The second kappa shape index (κ2) is 8.12. The van der Waals surface area contributed by atoms with Gasteiger partial charge in [0.05, 0.1) is 11.4 Å². The predicted octanol–water partition coefficient (Wildman–Crippen LogP) is 2.38. The molecule has 3 rings (SSSR count). The number of carbonyl (C=O) groups excluding carboxylic acids is 2. The molecule has 0 unspecified atom stereocenters. The Morgan fingerprint density at radius 2 is 1.89 bits per heavy atom. The Bertz CT molecular complexity index is 990. The summed E-state index contributed by atoms with van der Waals surface area (Å²) < 4.78 is 26.1. The third kappa shape index (κ3) is 4.23. The van der Waals surface area contributed by atoms with E-state index < -0.39 is 15.9 Å². The van der Waals surface area contributed by atoms with Crippen LogP contribution in [0.5, 0.6) is 0 Å². The summed E-state index contributed by atoms with van der Waals surface area (Å²) in [6.07, 6.45) is 1.34. The van der Waals surface area contributed by atoms with Gasteiger partial charge < -0.3 is 10.2 Å². The number of likely N-dealkylation sites (N-methyl/N-ethyl adjacent to an activating group) is 1. The molecule has 1 aliphatic rings. The minimum absolute atomic E-state index is 0.0697. The monoisotopic (exact) mass is 401 g/mol. The molecule has 1 heterocycles. The first-order valence-electron chi connectivity index (χ1n) is 9.01. The number of benzene rings is 2. The lowest BCUT2D eigenvalue weighted by atomic mass is 10.1. The van der Waals surface area contributed by atoms with E-state index in [2.05, 4.69) is 5.32 Å². The normalized spacial score (nSPS) is 14.5. The van der Waals surface area contributed by atoms with Crippen molar-refractivity contribution in [1.82, 2.24) is 4.31 Å². The minimum atomic E-state index is -3.74. The average Bonchev–Trinajstić information content (AvgIpc) is 3.09. The van der Waals surface area contributed by atoms with Crippen LogP contribution in [0.1, 0.15) is 18.4 Å². The van der Waals surface area contributed by atoms with Crippen LogP contribution in [0.4, 0.5) is 11.4 Å². The number of carbonyl (C=O) groups is 2. The fourth-order valence-electron chi connectivity index (χ4n) is 3.14. The molecule has 1 N–H and O–H groups in total. The molecule has 2 amide bonds. The van der Waals surface area contributed by atoms with Gasteiger partial charge in [-0.3, -0.25) is 9.59 Å². The molecule has 2 aromatic carbocycles. The number of sulfonamides is 1. The van der Waals surface area contributed by atoms with Gasteiger partial charge >= 0.3 is 0 Å². The summed E-state index contributed by atoms with van der Waals surface area (Å²) in [7, 11) is -2.38. The Morgan fingerprint density at radius 1 is 1.18 bits per heavy atom. The highest BCUT2D eigenvalue weighted by atomic mass is 32.2. The molecule has 7 nitrogen and oxygen atoms in total. The van der Waals surface area contributed by atoms with Gasteiger partial charge in [0.2, 0.25) is 21.8 Å². The molecule has 28 heavy (non-hydrogen) atoms. The Kier molecular flexibility index (Phi) is 5.81. The molecule has 0 aliphatic carbocycles. The van der Waals surface area contributed by atoms with E-state index in [1.54, 1.807) is 35.2 Å². The van der Waals surface area contributed by atoms with Gasteiger partial charge in [0.15, 0.2) is 0 Å². The number of aryl methyl sites for hydroxylation is 1. The first kappa shape index (κ1) is 20.0. The summed E-state index contributed by atoms with van der Waals surface area (Å²) >= 11 is 0. The van der Waals surface area contributed by atoms with E-state index in [1.165, 1.54) is 19.2 Å². The van der Waals surface area contributed by atoms with E-state index in [9.17, 15) is 18.0 Å². The highest BCUT2D eigenvalue weighted by molar-refractivity contribution is 7.89. The maximum Gasteiger partial charge on any atom is 0.243 e. The summed E-state index contributed by atoms with van der Waals surface area (Å²) in [5.41, 5.74) is 2.23. The number of anilines is 2.